The van der Waals surface area contributed by atoms with Gasteiger partial charge < -0.3 is 4.57 Å². The van der Waals surface area contributed by atoms with Gasteiger partial charge in [-0.05, 0) is 93.2 Å². The molecule has 0 unspecified atom stereocenters. The van der Waals surface area contributed by atoms with Crippen molar-refractivity contribution in [2.24, 2.45) is 0 Å². The first kappa shape index (κ1) is 35.6. The van der Waals surface area contributed by atoms with Crippen molar-refractivity contribution in [1.29, 1.82) is 0 Å². The number of allylic oxidation sites excluding steroid dienone is 2. The van der Waals surface area contributed by atoms with Crippen LogP contribution in [0.5, 0.6) is 0 Å². The van der Waals surface area contributed by atoms with E-state index in [0.717, 1.165) is 72.1 Å². The molecule has 0 saturated carbocycles. The van der Waals surface area contributed by atoms with Gasteiger partial charge in [-0.25, -0.2) is 9.97 Å². The Balaban J connectivity index is 1.14. The summed E-state index contributed by atoms with van der Waals surface area (Å²) >= 11 is 0. The van der Waals surface area contributed by atoms with Gasteiger partial charge in [0.2, 0.25) is 5.95 Å². The van der Waals surface area contributed by atoms with E-state index in [0.29, 0.717) is 5.95 Å². The highest BCUT2D eigenvalue weighted by Gasteiger charge is 2.22. The van der Waals surface area contributed by atoms with Crippen molar-refractivity contribution >= 4 is 71.4 Å². The number of rotatable bonds is 7. The van der Waals surface area contributed by atoms with E-state index in [4.69, 9.17) is 9.97 Å². The molecule has 0 spiro atoms. The first-order chi connectivity index (χ1) is 30.7. The van der Waals surface area contributed by atoms with Crippen LogP contribution in [0.2, 0.25) is 0 Å². The lowest BCUT2D eigenvalue weighted by Crippen LogP contribution is -2.04. The van der Waals surface area contributed by atoms with Crippen molar-refractivity contribution in [3.8, 4) is 45.1 Å². The minimum Gasteiger partial charge on any atom is -0.309 e. The van der Waals surface area contributed by atoms with Gasteiger partial charge in [0.25, 0.3) is 0 Å². The molecule has 0 amide bonds. The monoisotopic (exact) mass is 790 g/mol. The molecule has 0 saturated heterocycles. The molecule has 0 radical (unpaired) electrons. The first-order valence-electron chi connectivity index (χ1n) is 21.0. The average Bonchev–Trinajstić information content (AvgIpc) is 3.86. The molecular weight excluding hydrogens is 753 g/mol. The molecule has 0 aliphatic carbocycles. The lowest BCUT2D eigenvalue weighted by molar-refractivity contribution is 1.01. The number of hydrogen-bond acceptors (Lipinski definition) is 2. The van der Waals surface area contributed by atoms with Crippen molar-refractivity contribution < 1.29 is 0 Å². The maximum atomic E-state index is 5.60. The van der Waals surface area contributed by atoms with Gasteiger partial charge in [0, 0.05) is 38.2 Å². The van der Waals surface area contributed by atoms with E-state index in [-0.39, 0.29) is 0 Å². The number of para-hydroxylation sites is 4. The van der Waals surface area contributed by atoms with Crippen molar-refractivity contribution in [1.82, 2.24) is 19.1 Å². The van der Waals surface area contributed by atoms with E-state index in [9.17, 15) is 0 Å². The third kappa shape index (κ3) is 5.62. The van der Waals surface area contributed by atoms with Crippen LogP contribution in [0.4, 0.5) is 0 Å². The maximum absolute atomic E-state index is 5.60. The summed E-state index contributed by atoms with van der Waals surface area (Å²) in [6.07, 6.45) is 5.92. The second-order valence-corrected chi connectivity index (χ2v) is 15.8. The molecular formula is C58H38N4. The van der Waals surface area contributed by atoms with E-state index in [2.05, 4.69) is 222 Å². The SMILES string of the molecule is C=C/C=C\c1ccc(-c2ccccc2)cc1-c1nc(-n2c3ccccc3c3c4ccccc4c(-c4ccc5c(c4)c4ccccc4n5-c4ccccc4)cc32)nc2ccccc12. The van der Waals surface area contributed by atoms with Crippen LogP contribution in [0.1, 0.15) is 5.56 Å². The normalized spacial score (nSPS) is 11.9. The first-order valence-corrected chi connectivity index (χ1v) is 21.0. The Hall–Kier alpha value is -8.34. The fourth-order valence-electron chi connectivity index (χ4n) is 9.54. The van der Waals surface area contributed by atoms with Crippen molar-refractivity contribution in [3.05, 3.63) is 224 Å². The van der Waals surface area contributed by atoms with Crippen LogP contribution in [-0.4, -0.2) is 19.1 Å². The standard InChI is InChI=1S/C58H38N4/c1-2-3-18-39-31-32-40(38-19-6-4-7-20-38)35-49(39)57-46-26-12-15-28-51(46)59-58(60-57)62-53-30-17-14-27-47(53)56-45-25-11-10-23-43(45)48(37-55(56)62)41-33-34-54-50(36-41)44-24-13-16-29-52(44)61(54)42-21-8-5-9-22-42/h2-37H,1H2/b18-3-. The van der Waals surface area contributed by atoms with E-state index >= 15 is 0 Å². The molecule has 3 aromatic heterocycles. The van der Waals surface area contributed by atoms with Gasteiger partial charge in [0.1, 0.15) is 0 Å². The Bertz CT molecular complexity index is 3760. The molecule has 0 aliphatic rings. The van der Waals surface area contributed by atoms with Crippen LogP contribution in [0.3, 0.4) is 0 Å². The minimum atomic E-state index is 0.622. The summed E-state index contributed by atoms with van der Waals surface area (Å²) in [6.45, 7) is 3.97. The smallest absolute Gasteiger partial charge is 0.235 e. The van der Waals surface area contributed by atoms with Gasteiger partial charge in [-0.2, -0.15) is 0 Å². The van der Waals surface area contributed by atoms with Gasteiger partial charge in [-0.3, -0.25) is 4.57 Å². The topological polar surface area (TPSA) is 35.6 Å². The summed E-state index contributed by atoms with van der Waals surface area (Å²) in [5.41, 5.74) is 14.0. The molecule has 0 N–H and O–H groups in total. The van der Waals surface area contributed by atoms with Crippen LogP contribution in [0, 0.1) is 0 Å². The molecule has 0 atom stereocenters. The van der Waals surface area contributed by atoms with Crippen LogP contribution in [0.25, 0.3) is 117 Å². The Labute approximate surface area is 358 Å². The van der Waals surface area contributed by atoms with Crippen molar-refractivity contribution in [2.75, 3.05) is 0 Å². The molecule has 3 heterocycles. The molecule has 290 valence electrons. The van der Waals surface area contributed by atoms with Gasteiger partial charge in [0.05, 0.1) is 33.3 Å². The molecule has 0 aliphatic heterocycles. The summed E-state index contributed by atoms with van der Waals surface area (Å²) in [5, 5.41) is 8.16. The molecule has 4 heteroatoms. The largest absolute Gasteiger partial charge is 0.309 e. The van der Waals surface area contributed by atoms with Crippen LogP contribution >= 0.6 is 0 Å². The van der Waals surface area contributed by atoms with Gasteiger partial charge in [0.15, 0.2) is 0 Å². The minimum absolute atomic E-state index is 0.622. The molecule has 12 rings (SSSR count). The Morgan fingerprint density at radius 1 is 0.403 bits per heavy atom. The lowest BCUT2D eigenvalue weighted by atomic mass is 9.94. The number of hydrogen-bond donors (Lipinski definition) is 0. The van der Waals surface area contributed by atoms with Crippen LogP contribution in [0.15, 0.2) is 219 Å². The zero-order valence-corrected chi connectivity index (χ0v) is 33.8. The van der Waals surface area contributed by atoms with E-state index in [1.54, 1.807) is 0 Å². The number of fused-ring (bicyclic) bond motifs is 9. The highest BCUT2D eigenvalue weighted by atomic mass is 15.2. The molecule has 9 aromatic carbocycles. The molecule has 0 fully saturated rings. The number of aromatic nitrogens is 4. The highest BCUT2D eigenvalue weighted by molar-refractivity contribution is 6.24. The Kier molecular flexibility index (Phi) is 8.29. The fraction of sp³-hybridized carbons (Fsp3) is 0. The molecule has 12 aromatic rings. The molecule has 4 nitrogen and oxygen atoms in total. The fourth-order valence-corrected chi connectivity index (χ4v) is 9.54. The maximum Gasteiger partial charge on any atom is 0.235 e. The molecule has 0 bridgehead atoms. The van der Waals surface area contributed by atoms with E-state index in [1.807, 2.05) is 12.2 Å². The molecule has 62 heavy (non-hydrogen) atoms. The predicted molar refractivity (Wildman–Crippen MR) is 261 cm³/mol. The van der Waals surface area contributed by atoms with Gasteiger partial charge >= 0.3 is 0 Å². The van der Waals surface area contributed by atoms with Crippen molar-refractivity contribution in [2.45, 2.75) is 0 Å². The third-order valence-corrected chi connectivity index (χ3v) is 12.3. The predicted octanol–water partition coefficient (Wildman–Crippen LogP) is 15.2. The van der Waals surface area contributed by atoms with Crippen LogP contribution in [-0.2, 0) is 0 Å². The van der Waals surface area contributed by atoms with E-state index in [1.165, 1.54) is 38.0 Å². The van der Waals surface area contributed by atoms with Crippen LogP contribution < -0.4 is 0 Å². The number of benzene rings is 9. The zero-order valence-electron chi connectivity index (χ0n) is 33.8. The second kappa shape index (κ2) is 14.4. The quantitative estimate of drug-likeness (QED) is 0.151. The van der Waals surface area contributed by atoms with Gasteiger partial charge in [-0.1, -0.05) is 170 Å². The summed E-state index contributed by atoms with van der Waals surface area (Å²) < 4.78 is 4.65. The summed E-state index contributed by atoms with van der Waals surface area (Å²) in [7, 11) is 0. The number of nitrogens with zero attached hydrogens (tertiary/aromatic N) is 4. The average molecular weight is 791 g/mol. The van der Waals surface area contributed by atoms with E-state index < -0.39 is 0 Å². The Morgan fingerprint density at radius 3 is 1.82 bits per heavy atom. The van der Waals surface area contributed by atoms with Gasteiger partial charge in [-0.15, -0.1) is 0 Å². The Morgan fingerprint density at radius 2 is 1.03 bits per heavy atom. The van der Waals surface area contributed by atoms with Crippen molar-refractivity contribution in [3.63, 3.8) is 0 Å². The second-order valence-electron chi connectivity index (χ2n) is 15.8. The highest BCUT2D eigenvalue weighted by Crippen LogP contribution is 2.43. The summed E-state index contributed by atoms with van der Waals surface area (Å²) in [4.78, 5) is 11.0. The summed E-state index contributed by atoms with van der Waals surface area (Å²) in [6, 6.07) is 71.7. The summed E-state index contributed by atoms with van der Waals surface area (Å²) in [5.74, 6) is 0.622. The third-order valence-electron chi connectivity index (χ3n) is 12.3. The lowest BCUT2D eigenvalue weighted by Gasteiger charge is -2.15. The zero-order chi connectivity index (χ0) is 41.1.